The quantitative estimate of drug-likeness (QED) is 0.697. The Balaban J connectivity index is 1.69. The molecule has 1 atom stereocenters. The molecular weight excluding hydrogens is 335 g/mol. The van der Waals surface area contributed by atoms with Crippen LogP contribution in [0.3, 0.4) is 0 Å². The molecule has 2 heterocycles. The van der Waals surface area contributed by atoms with E-state index in [1.807, 2.05) is 12.1 Å². The summed E-state index contributed by atoms with van der Waals surface area (Å²) in [7, 11) is 0. The van der Waals surface area contributed by atoms with Crippen LogP contribution in [-0.4, -0.2) is 37.6 Å². The number of hydrogen-bond acceptors (Lipinski definition) is 5. The fourth-order valence-electron chi connectivity index (χ4n) is 2.65. The second-order valence-electron chi connectivity index (χ2n) is 5.92. The first-order valence-electron chi connectivity index (χ1n) is 8.29. The van der Waals surface area contributed by atoms with Crippen LogP contribution < -0.4 is 5.32 Å². The van der Waals surface area contributed by atoms with Gasteiger partial charge in [-0.2, -0.15) is 0 Å². The summed E-state index contributed by atoms with van der Waals surface area (Å²) in [6.45, 7) is 2.21. The normalized spacial score (nSPS) is 11.9. The lowest BCUT2D eigenvalue weighted by molar-refractivity contribution is -0.124. The molecule has 3 rings (SSSR count). The van der Waals surface area contributed by atoms with Crippen LogP contribution in [0.4, 0.5) is 4.39 Å². The van der Waals surface area contributed by atoms with Gasteiger partial charge in [0.25, 0.3) is 0 Å². The van der Waals surface area contributed by atoms with Crippen LogP contribution in [0.2, 0.25) is 0 Å². The highest BCUT2D eigenvalue weighted by Crippen LogP contribution is 2.15. The summed E-state index contributed by atoms with van der Waals surface area (Å²) in [6, 6.07) is 9.28. The number of halogens is 1. The van der Waals surface area contributed by atoms with Gasteiger partial charge in [0.05, 0.1) is 0 Å². The summed E-state index contributed by atoms with van der Waals surface area (Å²) >= 11 is 0. The Hall–Kier alpha value is -3.16. The zero-order valence-corrected chi connectivity index (χ0v) is 14.3. The minimum atomic E-state index is -0.607. The Morgan fingerprint density at radius 3 is 2.69 bits per heavy atom. The van der Waals surface area contributed by atoms with Gasteiger partial charge in [-0.25, -0.2) is 9.07 Å². The topological polar surface area (TPSA) is 85.6 Å². The maximum Gasteiger partial charge on any atom is 0.245 e. The van der Waals surface area contributed by atoms with E-state index in [2.05, 4.69) is 25.8 Å². The van der Waals surface area contributed by atoms with Crippen LogP contribution in [-0.2, 0) is 17.6 Å². The van der Waals surface area contributed by atoms with E-state index in [-0.39, 0.29) is 11.7 Å². The SMILES string of the molecule is Cc1nnnn1C(Cc1ccc(F)cc1)C(=O)NCCc1cccnc1. The number of aromatic nitrogens is 5. The molecule has 0 saturated carbocycles. The number of pyridine rings is 1. The molecule has 3 aromatic rings. The Labute approximate surface area is 150 Å². The monoisotopic (exact) mass is 354 g/mol. The summed E-state index contributed by atoms with van der Waals surface area (Å²) in [5.41, 5.74) is 1.87. The molecule has 0 fully saturated rings. The summed E-state index contributed by atoms with van der Waals surface area (Å²) in [6.07, 6.45) is 4.53. The van der Waals surface area contributed by atoms with Crippen molar-refractivity contribution in [1.29, 1.82) is 0 Å². The Bertz CT molecular complexity index is 850. The molecule has 2 aromatic heterocycles. The number of hydrogen-bond donors (Lipinski definition) is 1. The summed E-state index contributed by atoms with van der Waals surface area (Å²) < 4.78 is 14.6. The van der Waals surface area contributed by atoms with Gasteiger partial charge in [0.15, 0.2) is 0 Å². The van der Waals surface area contributed by atoms with Gasteiger partial charge in [-0.1, -0.05) is 18.2 Å². The number of rotatable bonds is 7. The molecule has 1 aromatic carbocycles. The van der Waals surface area contributed by atoms with Crippen molar-refractivity contribution in [3.63, 3.8) is 0 Å². The number of aryl methyl sites for hydroxylation is 1. The Morgan fingerprint density at radius 2 is 2.04 bits per heavy atom. The third-order valence-corrected chi connectivity index (χ3v) is 4.03. The van der Waals surface area contributed by atoms with E-state index in [0.29, 0.717) is 25.2 Å². The molecule has 8 heteroatoms. The van der Waals surface area contributed by atoms with Crippen LogP contribution in [0, 0.1) is 12.7 Å². The predicted octanol–water partition coefficient (Wildman–Crippen LogP) is 1.66. The molecule has 0 spiro atoms. The molecule has 7 nitrogen and oxygen atoms in total. The van der Waals surface area contributed by atoms with Crippen LogP contribution >= 0.6 is 0 Å². The average molecular weight is 354 g/mol. The van der Waals surface area contributed by atoms with E-state index in [1.165, 1.54) is 16.8 Å². The smallest absolute Gasteiger partial charge is 0.245 e. The Morgan fingerprint density at radius 1 is 1.23 bits per heavy atom. The lowest BCUT2D eigenvalue weighted by Gasteiger charge is -2.17. The standard InChI is InChI=1S/C18H19FN6O/c1-13-22-23-24-25(13)17(11-14-4-6-16(19)7-5-14)18(26)21-10-8-15-3-2-9-20-12-15/h2-7,9,12,17H,8,10-11H2,1H3,(H,21,26). The summed E-state index contributed by atoms with van der Waals surface area (Å²) in [4.78, 5) is 16.8. The fourth-order valence-corrected chi connectivity index (χ4v) is 2.65. The molecule has 1 amide bonds. The second kappa shape index (κ2) is 8.28. The van der Waals surface area contributed by atoms with Gasteiger partial charge in [0.1, 0.15) is 17.7 Å². The van der Waals surface area contributed by atoms with Crippen molar-refractivity contribution in [2.75, 3.05) is 6.54 Å². The molecule has 1 N–H and O–H groups in total. The van der Waals surface area contributed by atoms with Crippen LogP contribution in [0.1, 0.15) is 23.0 Å². The van der Waals surface area contributed by atoms with Crippen molar-refractivity contribution < 1.29 is 9.18 Å². The van der Waals surface area contributed by atoms with Crippen LogP contribution in [0.25, 0.3) is 0 Å². The minimum Gasteiger partial charge on any atom is -0.354 e. The Kier molecular flexibility index (Phi) is 5.62. The molecule has 1 unspecified atom stereocenters. The largest absolute Gasteiger partial charge is 0.354 e. The van der Waals surface area contributed by atoms with E-state index < -0.39 is 6.04 Å². The molecular formula is C18H19FN6O. The first-order valence-corrected chi connectivity index (χ1v) is 8.29. The molecule has 0 saturated heterocycles. The van der Waals surface area contributed by atoms with Crippen molar-refractivity contribution in [3.05, 3.63) is 71.6 Å². The first kappa shape index (κ1) is 17.7. The molecule has 0 radical (unpaired) electrons. The van der Waals surface area contributed by atoms with E-state index in [4.69, 9.17) is 0 Å². The maximum absolute atomic E-state index is 13.1. The third kappa shape index (κ3) is 4.47. The lowest BCUT2D eigenvalue weighted by Crippen LogP contribution is -2.36. The maximum atomic E-state index is 13.1. The van der Waals surface area contributed by atoms with Crippen LogP contribution in [0.15, 0.2) is 48.8 Å². The van der Waals surface area contributed by atoms with Gasteiger partial charge in [-0.05, 0) is 53.1 Å². The molecule has 0 aliphatic rings. The van der Waals surface area contributed by atoms with Crippen molar-refractivity contribution in [2.24, 2.45) is 0 Å². The van der Waals surface area contributed by atoms with Gasteiger partial charge in [0.2, 0.25) is 5.91 Å². The fraction of sp³-hybridized carbons (Fsp3) is 0.278. The highest BCUT2D eigenvalue weighted by Gasteiger charge is 2.24. The minimum absolute atomic E-state index is 0.186. The average Bonchev–Trinajstić information content (AvgIpc) is 3.07. The number of nitrogens with one attached hydrogen (secondary N) is 1. The molecule has 134 valence electrons. The third-order valence-electron chi connectivity index (χ3n) is 4.03. The van der Waals surface area contributed by atoms with Crippen molar-refractivity contribution >= 4 is 5.91 Å². The predicted molar refractivity (Wildman–Crippen MR) is 92.6 cm³/mol. The number of carbonyl (C=O) groups excluding carboxylic acids is 1. The molecule has 0 aliphatic carbocycles. The zero-order chi connectivity index (χ0) is 18.4. The highest BCUT2D eigenvalue weighted by molar-refractivity contribution is 5.80. The van der Waals surface area contributed by atoms with Crippen molar-refractivity contribution in [2.45, 2.75) is 25.8 Å². The zero-order valence-electron chi connectivity index (χ0n) is 14.3. The molecule has 26 heavy (non-hydrogen) atoms. The van der Waals surface area contributed by atoms with E-state index in [1.54, 1.807) is 31.5 Å². The van der Waals surface area contributed by atoms with Gasteiger partial charge >= 0.3 is 0 Å². The van der Waals surface area contributed by atoms with E-state index >= 15 is 0 Å². The van der Waals surface area contributed by atoms with Gasteiger partial charge in [0, 0.05) is 25.4 Å². The number of carbonyl (C=O) groups is 1. The van der Waals surface area contributed by atoms with E-state index in [0.717, 1.165) is 11.1 Å². The van der Waals surface area contributed by atoms with E-state index in [9.17, 15) is 9.18 Å². The van der Waals surface area contributed by atoms with Gasteiger partial charge in [-0.15, -0.1) is 5.10 Å². The molecule has 0 bridgehead atoms. The summed E-state index contributed by atoms with van der Waals surface area (Å²) in [5.74, 6) is 0.0398. The summed E-state index contributed by atoms with van der Waals surface area (Å²) in [5, 5.41) is 14.3. The van der Waals surface area contributed by atoms with Gasteiger partial charge in [-0.3, -0.25) is 9.78 Å². The van der Waals surface area contributed by atoms with Gasteiger partial charge < -0.3 is 5.32 Å². The highest BCUT2D eigenvalue weighted by atomic mass is 19.1. The first-order chi connectivity index (χ1) is 12.6. The van der Waals surface area contributed by atoms with Crippen molar-refractivity contribution in [3.8, 4) is 0 Å². The van der Waals surface area contributed by atoms with Crippen LogP contribution in [0.5, 0.6) is 0 Å². The van der Waals surface area contributed by atoms with Crippen molar-refractivity contribution in [1.82, 2.24) is 30.5 Å². The number of benzene rings is 1. The second-order valence-corrected chi connectivity index (χ2v) is 5.92. The number of tetrazole rings is 1. The molecule has 0 aliphatic heterocycles. The lowest BCUT2D eigenvalue weighted by atomic mass is 10.0. The number of amides is 1. The number of nitrogens with zero attached hydrogens (tertiary/aromatic N) is 5.